The van der Waals surface area contributed by atoms with Crippen molar-refractivity contribution in [3.8, 4) is 28.7 Å². The maximum absolute atomic E-state index is 13.4. The van der Waals surface area contributed by atoms with Crippen LogP contribution in [0.4, 0.5) is 11.4 Å². The van der Waals surface area contributed by atoms with Gasteiger partial charge in [0.2, 0.25) is 12.5 Å². The summed E-state index contributed by atoms with van der Waals surface area (Å²) in [6.45, 7) is 3.61. The first kappa shape index (κ1) is 25.6. The maximum atomic E-state index is 13.4. The first-order valence-electron chi connectivity index (χ1n) is 13.8. The van der Waals surface area contributed by atoms with Crippen molar-refractivity contribution in [3.63, 3.8) is 0 Å². The number of cyclic esters (lactones) is 1. The number of rotatable bonds is 6. The van der Waals surface area contributed by atoms with Crippen LogP contribution < -0.4 is 29.2 Å². The van der Waals surface area contributed by atoms with E-state index in [-0.39, 0.29) is 54.5 Å². The number of phenolic OH excluding ortho intramolecular Hbond substituents is 1. The van der Waals surface area contributed by atoms with E-state index in [0.29, 0.717) is 11.5 Å². The van der Waals surface area contributed by atoms with Crippen molar-refractivity contribution < 1.29 is 38.3 Å². The standard InChI is InChI=1S/C31H32N2O8/c1-36-25-11-17(12-26(37-2)30(25)34)27-20-13-23-24(41-16-40-23)14-21(20)29(22-15-39-31(35)28(22)27)32-18-3-5-19(6-4-18)33-7-9-38-10-8-33/h3-6,11-14,22,27-29,32,34H,7-10,15-16H2,1-2H3/t22?,27?,28-,29+/m0/s1. The summed E-state index contributed by atoms with van der Waals surface area (Å²) in [5.41, 5.74) is 4.80. The van der Waals surface area contributed by atoms with Gasteiger partial charge in [-0.1, -0.05) is 0 Å². The molecule has 0 radical (unpaired) electrons. The lowest BCUT2D eigenvalue weighted by Gasteiger charge is -2.40. The molecule has 0 spiro atoms. The van der Waals surface area contributed by atoms with Gasteiger partial charge in [0, 0.05) is 36.3 Å². The van der Waals surface area contributed by atoms with Gasteiger partial charge in [-0.15, -0.1) is 0 Å². The van der Waals surface area contributed by atoms with Crippen LogP contribution >= 0.6 is 0 Å². The van der Waals surface area contributed by atoms with Crippen LogP contribution in [-0.2, 0) is 14.3 Å². The van der Waals surface area contributed by atoms with Gasteiger partial charge in [0.15, 0.2) is 23.0 Å². The zero-order valence-electron chi connectivity index (χ0n) is 22.9. The molecule has 10 nitrogen and oxygen atoms in total. The maximum Gasteiger partial charge on any atom is 0.310 e. The first-order valence-corrected chi connectivity index (χ1v) is 13.8. The zero-order valence-corrected chi connectivity index (χ0v) is 22.9. The molecule has 3 aromatic rings. The van der Waals surface area contributed by atoms with Crippen LogP contribution in [0.3, 0.4) is 0 Å². The molecule has 41 heavy (non-hydrogen) atoms. The Morgan fingerprint density at radius 3 is 2.22 bits per heavy atom. The molecule has 214 valence electrons. The van der Waals surface area contributed by atoms with Gasteiger partial charge in [-0.2, -0.15) is 0 Å². The summed E-state index contributed by atoms with van der Waals surface area (Å²) in [7, 11) is 2.98. The number of morpholine rings is 1. The van der Waals surface area contributed by atoms with Crippen LogP contribution in [0.1, 0.15) is 28.7 Å². The second-order valence-electron chi connectivity index (χ2n) is 10.7. The van der Waals surface area contributed by atoms with Crippen molar-refractivity contribution in [1.29, 1.82) is 0 Å². The Bertz CT molecular complexity index is 1440. The van der Waals surface area contributed by atoms with Gasteiger partial charge in [0.05, 0.1) is 46.0 Å². The number of benzene rings is 3. The molecule has 2 N–H and O–H groups in total. The lowest BCUT2D eigenvalue weighted by Crippen LogP contribution is -2.37. The normalized spacial score (nSPS) is 24.3. The largest absolute Gasteiger partial charge is 0.502 e. The van der Waals surface area contributed by atoms with E-state index in [1.807, 2.05) is 12.1 Å². The molecule has 0 aromatic heterocycles. The number of phenols is 1. The van der Waals surface area contributed by atoms with Crippen molar-refractivity contribution in [2.75, 3.05) is 64.1 Å². The lowest BCUT2D eigenvalue weighted by molar-refractivity contribution is -0.141. The molecular formula is C31H32N2O8. The summed E-state index contributed by atoms with van der Waals surface area (Å²) >= 11 is 0. The van der Waals surface area contributed by atoms with Gasteiger partial charge in [-0.3, -0.25) is 4.79 Å². The molecule has 7 rings (SSSR count). The van der Waals surface area contributed by atoms with Gasteiger partial charge in [0.1, 0.15) is 0 Å². The third-order valence-electron chi connectivity index (χ3n) is 8.61. The molecule has 2 unspecified atom stereocenters. The van der Waals surface area contributed by atoms with Crippen LogP contribution in [0.5, 0.6) is 28.7 Å². The quantitative estimate of drug-likeness (QED) is 0.429. The lowest BCUT2D eigenvalue weighted by atomic mass is 9.65. The number of fused-ring (bicyclic) bond motifs is 3. The molecule has 2 saturated heterocycles. The number of carbonyl (C=O) groups excluding carboxylic acids is 1. The average molecular weight is 561 g/mol. The highest BCUT2D eigenvalue weighted by Gasteiger charge is 2.52. The number of methoxy groups -OCH3 is 2. The Hall–Kier alpha value is -4.31. The SMILES string of the molecule is COc1cc(C2c3cc4c(cc3[C@@H](Nc3ccc(N5CCOCC5)cc3)C3COC(=O)[C@H]23)OCO4)cc(OC)c1O. The Kier molecular flexibility index (Phi) is 6.42. The zero-order chi connectivity index (χ0) is 28.1. The predicted molar refractivity (Wildman–Crippen MR) is 149 cm³/mol. The number of carbonyl (C=O) groups is 1. The molecule has 3 heterocycles. The number of hydrogen-bond acceptors (Lipinski definition) is 10. The Balaban J connectivity index is 1.31. The van der Waals surface area contributed by atoms with Crippen molar-refractivity contribution >= 4 is 17.3 Å². The third kappa shape index (κ3) is 4.33. The molecule has 4 aliphatic rings. The minimum Gasteiger partial charge on any atom is -0.502 e. The van der Waals surface area contributed by atoms with Gasteiger partial charge in [-0.25, -0.2) is 0 Å². The molecule has 1 aliphatic carbocycles. The van der Waals surface area contributed by atoms with Gasteiger partial charge >= 0.3 is 5.97 Å². The fourth-order valence-electron chi connectivity index (χ4n) is 6.61. The predicted octanol–water partition coefficient (Wildman–Crippen LogP) is 4.06. The topological polar surface area (TPSA) is 108 Å². The summed E-state index contributed by atoms with van der Waals surface area (Å²) in [5, 5.41) is 14.3. The van der Waals surface area contributed by atoms with E-state index in [0.717, 1.165) is 54.4 Å². The van der Waals surface area contributed by atoms with E-state index in [9.17, 15) is 9.90 Å². The number of nitrogens with zero attached hydrogens (tertiary/aromatic N) is 1. The molecule has 3 aliphatic heterocycles. The molecule has 0 amide bonds. The summed E-state index contributed by atoms with van der Waals surface area (Å²) in [5.74, 6) is 0.457. The molecule has 10 heteroatoms. The number of aromatic hydroxyl groups is 1. The molecule has 3 aromatic carbocycles. The third-order valence-corrected chi connectivity index (χ3v) is 8.61. The second-order valence-corrected chi connectivity index (χ2v) is 10.7. The van der Waals surface area contributed by atoms with Crippen LogP contribution in [0.2, 0.25) is 0 Å². The number of esters is 1. The minimum atomic E-state index is -0.480. The molecule has 2 fully saturated rings. The summed E-state index contributed by atoms with van der Waals surface area (Å²) in [6, 6.07) is 15.7. The van der Waals surface area contributed by atoms with Crippen LogP contribution in [-0.4, -0.2) is 65.0 Å². The van der Waals surface area contributed by atoms with E-state index >= 15 is 0 Å². The van der Waals surface area contributed by atoms with Crippen molar-refractivity contribution in [2.24, 2.45) is 11.8 Å². The average Bonchev–Trinajstić information content (AvgIpc) is 3.63. The Morgan fingerprint density at radius 1 is 0.902 bits per heavy atom. The smallest absolute Gasteiger partial charge is 0.310 e. The molecule has 0 bridgehead atoms. The van der Waals surface area contributed by atoms with E-state index < -0.39 is 5.92 Å². The van der Waals surface area contributed by atoms with Gasteiger partial charge < -0.3 is 43.7 Å². The number of ether oxygens (including phenoxy) is 6. The van der Waals surface area contributed by atoms with E-state index in [1.165, 1.54) is 14.2 Å². The highest BCUT2D eigenvalue weighted by Crippen LogP contribution is 2.56. The van der Waals surface area contributed by atoms with Gasteiger partial charge in [0.25, 0.3) is 0 Å². The van der Waals surface area contributed by atoms with Crippen molar-refractivity contribution in [2.45, 2.75) is 12.0 Å². The van der Waals surface area contributed by atoms with Crippen LogP contribution in [0.15, 0.2) is 48.5 Å². The summed E-state index contributed by atoms with van der Waals surface area (Å²) in [4.78, 5) is 15.7. The first-order chi connectivity index (χ1) is 20.1. The van der Waals surface area contributed by atoms with Crippen molar-refractivity contribution in [1.82, 2.24) is 0 Å². The highest BCUT2D eigenvalue weighted by atomic mass is 16.7. The number of nitrogens with one attached hydrogen (secondary N) is 1. The minimum absolute atomic E-state index is 0.0916. The molecule has 0 saturated carbocycles. The second kappa shape index (κ2) is 10.3. The van der Waals surface area contributed by atoms with Crippen molar-refractivity contribution in [3.05, 3.63) is 65.2 Å². The summed E-state index contributed by atoms with van der Waals surface area (Å²) < 4.78 is 33.7. The monoisotopic (exact) mass is 560 g/mol. The van der Waals surface area contributed by atoms with Crippen LogP contribution in [0.25, 0.3) is 0 Å². The number of anilines is 2. The highest BCUT2D eigenvalue weighted by molar-refractivity contribution is 5.79. The van der Waals surface area contributed by atoms with Gasteiger partial charge in [-0.05, 0) is 65.2 Å². The fraction of sp³-hybridized carbons (Fsp3) is 0.387. The Morgan fingerprint density at radius 2 is 1.56 bits per heavy atom. The summed E-state index contributed by atoms with van der Waals surface area (Å²) in [6.07, 6.45) is 0. The van der Waals surface area contributed by atoms with E-state index in [4.69, 9.17) is 28.4 Å². The van der Waals surface area contributed by atoms with E-state index in [1.54, 1.807) is 12.1 Å². The van der Waals surface area contributed by atoms with E-state index in [2.05, 4.69) is 34.5 Å². The number of hydrogen-bond donors (Lipinski definition) is 2. The fourth-order valence-corrected chi connectivity index (χ4v) is 6.61. The van der Waals surface area contributed by atoms with Crippen LogP contribution in [0, 0.1) is 11.8 Å². The Labute approximate surface area is 237 Å². The molecular weight excluding hydrogens is 528 g/mol. The molecule has 4 atom stereocenters.